The monoisotopic (exact) mass is 369 g/mol. The molecule has 1 saturated heterocycles. The van der Waals surface area contributed by atoms with Gasteiger partial charge in [-0.1, -0.05) is 17.8 Å². The van der Waals surface area contributed by atoms with Crippen LogP contribution >= 0.6 is 11.8 Å². The average Bonchev–Trinajstić information content (AvgIpc) is 2.80. The summed E-state index contributed by atoms with van der Waals surface area (Å²) in [6, 6.07) is 4.75. The third-order valence-electron chi connectivity index (χ3n) is 3.30. The summed E-state index contributed by atoms with van der Waals surface area (Å²) in [5, 5.41) is 16.1. The van der Waals surface area contributed by atoms with Crippen molar-refractivity contribution in [3.05, 3.63) is 23.8 Å². The van der Waals surface area contributed by atoms with Gasteiger partial charge in [0.2, 0.25) is 5.91 Å². The number of hydrogen-bond acceptors (Lipinski definition) is 7. The number of imide groups is 1. The van der Waals surface area contributed by atoms with Crippen molar-refractivity contribution in [1.29, 1.82) is 0 Å². The molecule has 1 aromatic rings. The van der Waals surface area contributed by atoms with E-state index < -0.39 is 41.5 Å². The van der Waals surface area contributed by atoms with E-state index >= 15 is 0 Å². The van der Waals surface area contributed by atoms with Crippen LogP contribution in [0.5, 0.6) is 11.5 Å². The molecular weight excluding hydrogens is 354 g/mol. The van der Waals surface area contributed by atoms with E-state index in [-0.39, 0.29) is 12.2 Å². The zero-order valence-electron chi connectivity index (χ0n) is 13.1. The quantitative estimate of drug-likeness (QED) is 0.684. The highest BCUT2D eigenvalue weighted by atomic mass is 32.2. The van der Waals surface area contributed by atoms with Crippen molar-refractivity contribution in [3.8, 4) is 11.5 Å². The smallest absolute Gasteiger partial charge is 0.341 e. The third-order valence-corrected chi connectivity index (χ3v) is 4.37. The first-order valence-electron chi connectivity index (χ1n) is 7.07. The first-order valence-corrected chi connectivity index (χ1v) is 7.95. The molecule has 1 aromatic carbocycles. The van der Waals surface area contributed by atoms with E-state index in [0.717, 1.165) is 11.8 Å². The zero-order valence-corrected chi connectivity index (χ0v) is 13.9. The Labute approximate surface area is 146 Å². The molecule has 25 heavy (non-hydrogen) atoms. The van der Waals surface area contributed by atoms with Gasteiger partial charge >= 0.3 is 11.9 Å². The molecule has 2 N–H and O–H groups in total. The van der Waals surface area contributed by atoms with Gasteiger partial charge in [0.25, 0.3) is 5.24 Å². The van der Waals surface area contributed by atoms with Gasteiger partial charge in [-0.3, -0.25) is 19.3 Å². The lowest BCUT2D eigenvalue weighted by molar-refractivity contribution is -0.141. The molecule has 2 rings (SSSR count). The lowest BCUT2D eigenvalue weighted by Gasteiger charge is -2.13. The zero-order chi connectivity index (χ0) is 18.6. The topological polar surface area (TPSA) is 130 Å². The van der Waals surface area contributed by atoms with Crippen LogP contribution in [-0.2, 0) is 20.8 Å². The molecular formula is C15H15NO8S. The molecule has 0 bridgehead atoms. The van der Waals surface area contributed by atoms with Crippen molar-refractivity contribution in [2.24, 2.45) is 0 Å². The van der Waals surface area contributed by atoms with Crippen LogP contribution < -0.4 is 9.47 Å². The molecule has 0 radical (unpaired) electrons. The summed E-state index contributed by atoms with van der Waals surface area (Å²) in [7, 11) is 1.40. The van der Waals surface area contributed by atoms with Gasteiger partial charge in [-0.15, -0.1) is 0 Å². The molecule has 0 aliphatic carbocycles. The van der Waals surface area contributed by atoms with Crippen LogP contribution in [0.1, 0.15) is 5.56 Å². The standard InChI is InChI=1S/C15H15NO8S/c1-23-9-3-2-8(4-10(9)24-7-13(19)20)5-11-14(21)16(6-12(17)18)15(22)25-11/h2-4,11H,5-7H2,1H3,(H,17,18)(H,19,20). The number of rotatable bonds is 8. The van der Waals surface area contributed by atoms with Gasteiger partial charge in [0.1, 0.15) is 6.54 Å². The summed E-state index contributed by atoms with van der Waals surface area (Å²) in [5.74, 6) is -2.45. The van der Waals surface area contributed by atoms with Crippen molar-refractivity contribution in [3.63, 3.8) is 0 Å². The van der Waals surface area contributed by atoms with Gasteiger partial charge < -0.3 is 19.7 Å². The molecule has 1 unspecified atom stereocenters. The molecule has 134 valence electrons. The van der Waals surface area contributed by atoms with E-state index in [0.29, 0.717) is 16.2 Å². The van der Waals surface area contributed by atoms with Crippen LogP contribution in [0.15, 0.2) is 18.2 Å². The van der Waals surface area contributed by atoms with Gasteiger partial charge in [-0.25, -0.2) is 4.79 Å². The van der Waals surface area contributed by atoms with E-state index in [1.165, 1.54) is 13.2 Å². The predicted octanol–water partition coefficient (Wildman–Crippen LogP) is 0.850. The van der Waals surface area contributed by atoms with Gasteiger partial charge in [-0.05, 0) is 24.1 Å². The first kappa shape index (κ1) is 18.6. The number of carboxylic acid groups (broad SMARTS) is 2. The summed E-state index contributed by atoms with van der Waals surface area (Å²) >= 11 is 0.761. The minimum atomic E-state index is -1.27. The Bertz CT molecular complexity index is 719. The van der Waals surface area contributed by atoms with E-state index in [9.17, 15) is 19.2 Å². The minimum Gasteiger partial charge on any atom is -0.493 e. The van der Waals surface area contributed by atoms with Crippen molar-refractivity contribution in [2.45, 2.75) is 11.7 Å². The molecule has 9 nitrogen and oxygen atoms in total. The number of carbonyl (C=O) groups is 4. The van der Waals surface area contributed by atoms with Crippen LogP contribution in [0, 0.1) is 0 Å². The molecule has 0 saturated carbocycles. The second kappa shape index (κ2) is 7.88. The maximum Gasteiger partial charge on any atom is 0.341 e. The molecule has 0 aromatic heterocycles. The molecule has 0 spiro atoms. The highest BCUT2D eigenvalue weighted by Crippen LogP contribution is 2.33. The Morgan fingerprint density at radius 1 is 1.20 bits per heavy atom. The minimum absolute atomic E-state index is 0.165. The number of methoxy groups -OCH3 is 1. The fourth-order valence-electron chi connectivity index (χ4n) is 2.22. The molecule has 1 atom stereocenters. The van der Waals surface area contributed by atoms with Crippen molar-refractivity contribution >= 4 is 34.8 Å². The second-order valence-corrected chi connectivity index (χ2v) is 6.22. The van der Waals surface area contributed by atoms with Crippen molar-refractivity contribution in [2.75, 3.05) is 20.3 Å². The Morgan fingerprint density at radius 2 is 1.92 bits per heavy atom. The SMILES string of the molecule is COc1ccc(CC2SC(=O)N(CC(=O)O)C2=O)cc1OCC(=O)O. The van der Waals surface area contributed by atoms with Crippen LogP contribution in [0.25, 0.3) is 0 Å². The average molecular weight is 369 g/mol. The molecule has 10 heteroatoms. The molecule has 1 fully saturated rings. The summed E-state index contributed by atoms with van der Waals surface area (Å²) in [4.78, 5) is 46.0. The van der Waals surface area contributed by atoms with E-state index in [1.807, 2.05) is 0 Å². The summed E-state index contributed by atoms with van der Waals surface area (Å²) in [6.07, 6.45) is 0.165. The van der Waals surface area contributed by atoms with Crippen LogP contribution in [0.2, 0.25) is 0 Å². The Balaban J connectivity index is 2.13. The van der Waals surface area contributed by atoms with Crippen LogP contribution in [0.3, 0.4) is 0 Å². The molecule has 1 aliphatic rings. The number of hydrogen-bond donors (Lipinski definition) is 2. The number of thioether (sulfide) groups is 1. The second-order valence-electron chi connectivity index (χ2n) is 5.06. The maximum atomic E-state index is 12.2. The van der Waals surface area contributed by atoms with E-state index in [4.69, 9.17) is 19.7 Å². The van der Waals surface area contributed by atoms with Crippen LogP contribution in [-0.4, -0.2) is 63.7 Å². The van der Waals surface area contributed by atoms with Gasteiger partial charge in [-0.2, -0.15) is 0 Å². The fourth-order valence-corrected chi connectivity index (χ4v) is 3.25. The Hall–Kier alpha value is -2.75. The summed E-state index contributed by atoms with van der Waals surface area (Å²) < 4.78 is 10.2. The van der Waals surface area contributed by atoms with Gasteiger partial charge in [0.15, 0.2) is 18.1 Å². The molecule has 1 heterocycles. The largest absolute Gasteiger partial charge is 0.493 e. The number of ether oxygens (including phenoxy) is 2. The van der Waals surface area contributed by atoms with Crippen molar-refractivity contribution in [1.82, 2.24) is 4.90 Å². The van der Waals surface area contributed by atoms with Gasteiger partial charge in [0, 0.05) is 0 Å². The number of benzene rings is 1. The van der Waals surface area contributed by atoms with Gasteiger partial charge in [0.05, 0.1) is 12.4 Å². The fraction of sp³-hybridized carbons (Fsp3) is 0.333. The number of aliphatic carboxylic acids is 2. The number of carboxylic acids is 2. The summed E-state index contributed by atoms with van der Waals surface area (Å²) in [6.45, 7) is -1.22. The number of nitrogens with zero attached hydrogens (tertiary/aromatic N) is 1. The third kappa shape index (κ3) is 4.63. The summed E-state index contributed by atoms with van der Waals surface area (Å²) in [5.41, 5.74) is 0.622. The Morgan fingerprint density at radius 3 is 2.52 bits per heavy atom. The molecule has 2 amide bonds. The number of amides is 2. The van der Waals surface area contributed by atoms with E-state index in [1.54, 1.807) is 12.1 Å². The highest BCUT2D eigenvalue weighted by Gasteiger charge is 2.40. The van der Waals surface area contributed by atoms with Crippen LogP contribution in [0.4, 0.5) is 4.79 Å². The normalized spacial score (nSPS) is 16.8. The number of carbonyl (C=O) groups excluding carboxylic acids is 2. The predicted molar refractivity (Wildman–Crippen MR) is 86.0 cm³/mol. The lowest BCUT2D eigenvalue weighted by atomic mass is 10.1. The maximum absolute atomic E-state index is 12.2. The first-order chi connectivity index (χ1) is 11.8. The Kier molecular flexibility index (Phi) is 5.86. The lowest BCUT2D eigenvalue weighted by Crippen LogP contribution is -2.36. The van der Waals surface area contributed by atoms with E-state index in [2.05, 4.69) is 0 Å². The highest BCUT2D eigenvalue weighted by molar-refractivity contribution is 8.15. The van der Waals surface area contributed by atoms with Crippen molar-refractivity contribution < 1.29 is 38.9 Å². The molecule has 1 aliphatic heterocycles.